The molecule has 0 aromatic heterocycles. The van der Waals surface area contributed by atoms with E-state index in [-0.39, 0.29) is 22.4 Å². The molecule has 0 atom stereocenters. The van der Waals surface area contributed by atoms with Crippen molar-refractivity contribution in [3.8, 4) is 0 Å². The van der Waals surface area contributed by atoms with Crippen LogP contribution in [0.1, 0.15) is 6.42 Å². The van der Waals surface area contributed by atoms with Gasteiger partial charge in [-0.25, -0.2) is 0 Å². The average molecular weight is 266 g/mol. The zero-order valence-electron chi connectivity index (χ0n) is 3.37. The fourth-order valence-corrected chi connectivity index (χ4v) is 0.417. The molecule has 1 heterocycles. The molecule has 39 valence electrons. The molecule has 0 aromatic carbocycles. The van der Waals surface area contributed by atoms with Gasteiger partial charge in [-0.2, -0.15) is 0 Å². The third kappa shape index (κ3) is 1.65. The Hall–Kier alpha value is 0.280. The van der Waals surface area contributed by atoms with Gasteiger partial charge in [-0.1, -0.05) is 6.08 Å². The Bertz CT molecular complexity index is 45.5. The van der Waals surface area contributed by atoms with Gasteiger partial charge >= 0.3 is 0 Å². The first kappa shape index (κ1) is 6.28. The van der Waals surface area contributed by atoms with Crippen LogP contribution in [0.2, 0.25) is 0 Å². The molecule has 0 fully saturated rings. The fourth-order valence-electron chi connectivity index (χ4n) is 0.417. The second-order valence-corrected chi connectivity index (χ2v) is 1.15. The third-order valence-corrected chi connectivity index (χ3v) is 0.691. The van der Waals surface area contributed by atoms with E-state index in [9.17, 15) is 0 Å². The quantitative estimate of drug-likeness (QED) is 0.629. The maximum atomic E-state index is 3.04. The molecule has 0 saturated carbocycles. The molecular formula is C4H7AuN. The van der Waals surface area contributed by atoms with E-state index < -0.39 is 0 Å². The first-order valence-electron chi connectivity index (χ1n) is 1.88. The second kappa shape index (κ2) is 3.47. The van der Waals surface area contributed by atoms with E-state index in [4.69, 9.17) is 0 Å². The smallest absolute Gasteiger partial charge is 0.0176 e. The fraction of sp³-hybridized carbons (Fsp3) is 0.500. The van der Waals surface area contributed by atoms with Gasteiger partial charge in [-0.3, -0.25) is 0 Å². The summed E-state index contributed by atoms with van der Waals surface area (Å²) in [6.45, 7) is 1.14. The second-order valence-electron chi connectivity index (χ2n) is 1.15. The first-order chi connectivity index (χ1) is 2.50. The Kier molecular flexibility index (Phi) is 3.63. The van der Waals surface area contributed by atoms with E-state index in [0.29, 0.717) is 0 Å². The van der Waals surface area contributed by atoms with E-state index >= 15 is 0 Å². The van der Waals surface area contributed by atoms with Crippen LogP contribution in [0.3, 0.4) is 0 Å². The van der Waals surface area contributed by atoms with Crippen molar-refractivity contribution in [3.63, 3.8) is 0 Å². The summed E-state index contributed by atoms with van der Waals surface area (Å²) >= 11 is 0. The summed E-state index contributed by atoms with van der Waals surface area (Å²) in [5.74, 6) is 0. The maximum Gasteiger partial charge on any atom is 0.0176 e. The Morgan fingerprint density at radius 3 is 2.50 bits per heavy atom. The van der Waals surface area contributed by atoms with Gasteiger partial charge in [0.15, 0.2) is 0 Å². The average Bonchev–Trinajstić information content (AvgIpc) is 1.76. The summed E-state index contributed by atoms with van der Waals surface area (Å²) in [5, 5.41) is 3.04. The van der Waals surface area contributed by atoms with Crippen LogP contribution in [0, 0.1) is 0 Å². The Labute approximate surface area is 53.3 Å². The number of nitrogens with one attached hydrogen (secondary N) is 1. The van der Waals surface area contributed by atoms with Gasteiger partial charge in [0.25, 0.3) is 0 Å². The van der Waals surface area contributed by atoms with E-state index in [1.807, 2.05) is 6.20 Å². The summed E-state index contributed by atoms with van der Waals surface area (Å²) in [4.78, 5) is 0. The number of rotatable bonds is 0. The largest absolute Gasteiger partial charge is 0.391 e. The molecule has 0 aliphatic carbocycles. The topological polar surface area (TPSA) is 12.0 Å². The zero-order chi connectivity index (χ0) is 3.54. The third-order valence-electron chi connectivity index (χ3n) is 0.691. The molecule has 0 spiro atoms. The van der Waals surface area contributed by atoms with Crippen molar-refractivity contribution < 1.29 is 22.4 Å². The Morgan fingerprint density at radius 1 is 1.50 bits per heavy atom. The van der Waals surface area contributed by atoms with E-state index in [1.54, 1.807) is 0 Å². The summed E-state index contributed by atoms with van der Waals surface area (Å²) in [5.41, 5.74) is 0. The molecule has 1 aliphatic heterocycles. The van der Waals surface area contributed by atoms with Crippen LogP contribution in [0.25, 0.3) is 0 Å². The standard InChI is InChI=1S/C4H7N.Au/c1-2-4-5-3-1;/h1,3,5H,2,4H2;. The molecule has 1 aliphatic rings. The summed E-state index contributed by atoms with van der Waals surface area (Å²) in [7, 11) is 0. The Morgan fingerprint density at radius 2 is 2.33 bits per heavy atom. The molecule has 0 aromatic rings. The van der Waals surface area contributed by atoms with Crippen LogP contribution in [-0.2, 0) is 22.4 Å². The van der Waals surface area contributed by atoms with Gasteiger partial charge in [0.1, 0.15) is 0 Å². The van der Waals surface area contributed by atoms with Crippen molar-refractivity contribution in [2.75, 3.05) is 6.54 Å². The zero-order valence-corrected chi connectivity index (χ0v) is 5.54. The van der Waals surface area contributed by atoms with Gasteiger partial charge < -0.3 is 5.32 Å². The monoisotopic (exact) mass is 266 g/mol. The van der Waals surface area contributed by atoms with Crippen molar-refractivity contribution in [3.05, 3.63) is 12.3 Å². The van der Waals surface area contributed by atoms with Crippen molar-refractivity contribution in [2.24, 2.45) is 0 Å². The van der Waals surface area contributed by atoms with Crippen LogP contribution in [0.4, 0.5) is 0 Å². The van der Waals surface area contributed by atoms with Crippen molar-refractivity contribution in [2.45, 2.75) is 6.42 Å². The van der Waals surface area contributed by atoms with Gasteiger partial charge in [0.05, 0.1) is 0 Å². The van der Waals surface area contributed by atoms with Crippen molar-refractivity contribution >= 4 is 0 Å². The normalized spacial score (nSPS) is 16.0. The SMILES string of the molecule is C1=CNCC1.[Au]. The van der Waals surface area contributed by atoms with Crippen molar-refractivity contribution in [1.29, 1.82) is 0 Å². The minimum Gasteiger partial charge on any atom is -0.391 e. The molecule has 1 radical (unpaired) electrons. The Balaban J connectivity index is 0.000000250. The molecule has 0 amide bonds. The maximum absolute atomic E-state index is 3.04. The van der Waals surface area contributed by atoms with E-state index in [0.717, 1.165) is 6.54 Å². The van der Waals surface area contributed by atoms with Crippen LogP contribution >= 0.6 is 0 Å². The molecular weight excluding hydrogens is 259 g/mol. The molecule has 1 rings (SSSR count). The predicted octanol–water partition coefficient (Wildman–Crippen LogP) is 0.491. The van der Waals surface area contributed by atoms with Crippen LogP contribution in [0.5, 0.6) is 0 Å². The van der Waals surface area contributed by atoms with Gasteiger partial charge in [0, 0.05) is 28.9 Å². The van der Waals surface area contributed by atoms with Crippen LogP contribution in [-0.4, -0.2) is 6.54 Å². The predicted molar refractivity (Wildman–Crippen MR) is 21.8 cm³/mol. The van der Waals surface area contributed by atoms with Crippen LogP contribution < -0.4 is 5.32 Å². The molecule has 2 heteroatoms. The minimum absolute atomic E-state index is 0. The molecule has 0 bridgehead atoms. The molecule has 0 unspecified atom stereocenters. The minimum atomic E-state index is 0. The first-order valence-corrected chi connectivity index (χ1v) is 1.88. The van der Waals surface area contributed by atoms with E-state index in [1.165, 1.54) is 6.42 Å². The molecule has 6 heavy (non-hydrogen) atoms. The summed E-state index contributed by atoms with van der Waals surface area (Å²) in [6.07, 6.45) is 5.32. The summed E-state index contributed by atoms with van der Waals surface area (Å²) in [6, 6.07) is 0. The van der Waals surface area contributed by atoms with Crippen LogP contribution in [0.15, 0.2) is 12.3 Å². The molecule has 1 N–H and O–H groups in total. The van der Waals surface area contributed by atoms with Gasteiger partial charge in [-0.05, 0) is 12.6 Å². The molecule has 1 nitrogen and oxygen atoms in total. The van der Waals surface area contributed by atoms with Crippen molar-refractivity contribution in [1.82, 2.24) is 5.32 Å². The molecule has 0 saturated heterocycles. The summed E-state index contributed by atoms with van der Waals surface area (Å²) < 4.78 is 0. The van der Waals surface area contributed by atoms with Gasteiger partial charge in [-0.15, -0.1) is 0 Å². The van der Waals surface area contributed by atoms with Gasteiger partial charge in [0.2, 0.25) is 0 Å². The van der Waals surface area contributed by atoms with E-state index in [2.05, 4.69) is 11.4 Å². The number of hydrogen-bond acceptors (Lipinski definition) is 1. The number of hydrogen-bond donors (Lipinski definition) is 1.